The van der Waals surface area contributed by atoms with Gasteiger partial charge in [0.15, 0.2) is 0 Å². The van der Waals surface area contributed by atoms with E-state index in [2.05, 4.69) is 13.8 Å². The van der Waals surface area contributed by atoms with Crippen LogP contribution in [-0.2, 0) is 0 Å². The Morgan fingerprint density at radius 1 is 1.09 bits per heavy atom. The molecule has 0 unspecified atom stereocenters. The molecule has 0 saturated carbocycles. The first-order chi connectivity index (χ1) is 10.5. The van der Waals surface area contributed by atoms with Crippen LogP contribution in [0.3, 0.4) is 0 Å². The standard InChI is InChI=1S/C19H16FNO/c1-13(2)15-5-3-14(4-6-15)11-17(12-21)19(22)16-7-9-18(20)10-8-16/h3-11,13H,1-2H3/b17-11+. The molecule has 0 amide bonds. The molecule has 0 aliphatic rings. The van der Waals surface area contributed by atoms with Crippen LogP contribution < -0.4 is 0 Å². The Labute approximate surface area is 129 Å². The minimum atomic E-state index is -0.414. The number of hydrogen-bond donors (Lipinski definition) is 0. The van der Waals surface area contributed by atoms with Gasteiger partial charge in [-0.3, -0.25) is 4.79 Å². The molecule has 0 heterocycles. The van der Waals surface area contributed by atoms with Crippen molar-refractivity contribution in [3.05, 3.63) is 76.6 Å². The zero-order valence-electron chi connectivity index (χ0n) is 12.5. The van der Waals surface area contributed by atoms with Crippen molar-refractivity contribution < 1.29 is 9.18 Å². The third-order valence-electron chi connectivity index (χ3n) is 3.39. The average Bonchev–Trinajstić information content (AvgIpc) is 2.53. The number of halogens is 1. The number of allylic oxidation sites excluding steroid dienone is 1. The lowest BCUT2D eigenvalue weighted by atomic mass is 9.99. The van der Waals surface area contributed by atoms with Crippen molar-refractivity contribution in [1.29, 1.82) is 5.26 Å². The average molecular weight is 293 g/mol. The van der Waals surface area contributed by atoms with Gasteiger partial charge in [-0.2, -0.15) is 5.26 Å². The summed E-state index contributed by atoms with van der Waals surface area (Å²) in [7, 11) is 0. The normalized spacial score (nSPS) is 11.3. The number of ketones is 1. The maximum Gasteiger partial charge on any atom is 0.203 e. The SMILES string of the molecule is CC(C)c1ccc(/C=C(\C#N)C(=O)c2ccc(F)cc2)cc1. The first-order valence-corrected chi connectivity index (χ1v) is 7.03. The van der Waals surface area contributed by atoms with Crippen molar-refractivity contribution in [2.75, 3.05) is 0 Å². The first-order valence-electron chi connectivity index (χ1n) is 7.03. The zero-order chi connectivity index (χ0) is 16.1. The van der Waals surface area contributed by atoms with Crippen LogP contribution in [0, 0.1) is 17.1 Å². The summed E-state index contributed by atoms with van der Waals surface area (Å²) >= 11 is 0. The second-order valence-corrected chi connectivity index (χ2v) is 5.33. The maximum atomic E-state index is 12.9. The van der Waals surface area contributed by atoms with Crippen LogP contribution >= 0.6 is 0 Å². The monoisotopic (exact) mass is 293 g/mol. The summed E-state index contributed by atoms with van der Waals surface area (Å²) in [6.07, 6.45) is 1.55. The van der Waals surface area contributed by atoms with Crippen LogP contribution in [0.2, 0.25) is 0 Å². The number of nitriles is 1. The van der Waals surface area contributed by atoms with Gasteiger partial charge in [-0.25, -0.2) is 4.39 Å². The van der Waals surface area contributed by atoms with Crippen molar-refractivity contribution in [2.24, 2.45) is 0 Å². The highest BCUT2D eigenvalue weighted by Crippen LogP contribution is 2.17. The number of rotatable bonds is 4. The van der Waals surface area contributed by atoms with Crippen LogP contribution in [0.25, 0.3) is 6.08 Å². The van der Waals surface area contributed by atoms with E-state index in [1.165, 1.54) is 29.8 Å². The van der Waals surface area contributed by atoms with E-state index in [4.69, 9.17) is 0 Å². The van der Waals surface area contributed by atoms with Crippen molar-refractivity contribution in [3.63, 3.8) is 0 Å². The van der Waals surface area contributed by atoms with E-state index in [9.17, 15) is 14.4 Å². The molecule has 0 bridgehead atoms. The van der Waals surface area contributed by atoms with Gasteiger partial charge in [-0.05, 0) is 47.4 Å². The number of carbonyl (C=O) groups excluding carboxylic acids is 1. The number of benzene rings is 2. The quantitative estimate of drug-likeness (QED) is 0.464. The largest absolute Gasteiger partial charge is 0.288 e. The molecule has 0 N–H and O–H groups in total. The smallest absolute Gasteiger partial charge is 0.203 e. The van der Waals surface area contributed by atoms with E-state index in [0.717, 1.165) is 5.56 Å². The summed E-state index contributed by atoms with van der Waals surface area (Å²) in [6, 6.07) is 14.8. The van der Waals surface area contributed by atoms with Crippen molar-refractivity contribution in [1.82, 2.24) is 0 Å². The Balaban J connectivity index is 2.29. The van der Waals surface area contributed by atoms with Crippen LogP contribution in [0.15, 0.2) is 54.1 Å². The van der Waals surface area contributed by atoms with E-state index in [1.807, 2.05) is 30.3 Å². The highest BCUT2D eigenvalue weighted by atomic mass is 19.1. The van der Waals surface area contributed by atoms with Crippen molar-refractivity contribution in [2.45, 2.75) is 19.8 Å². The van der Waals surface area contributed by atoms with E-state index >= 15 is 0 Å². The molecule has 3 heteroatoms. The number of Topliss-reactive ketones (excluding diaryl/α,β-unsaturated/α-hetero) is 1. The minimum Gasteiger partial charge on any atom is -0.288 e. The second kappa shape index (κ2) is 6.82. The van der Waals surface area contributed by atoms with Gasteiger partial charge in [0.25, 0.3) is 0 Å². The Morgan fingerprint density at radius 2 is 1.68 bits per heavy atom. The Morgan fingerprint density at radius 3 is 2.18 bits per heavy atom. The highest BCUT2D eigenvalue weighted by Gasteiger charge is 2.12. The molecule has 0 aliphatic heterocycles. The van der Waals surface area contributed by atoms with Gasteiger partial charge in [-0.1, -0.05) is 38.1 Å². The molecule has 2 rings (SSSR count). The van der Waals surface area contributed by atoms with Gasteiger partial charge in [-0.15, -0.1) is 0 Å². The summed E-state index contributed by atoms with van der Waals surface area (Å²) in [5.41, 5.74) is 2.31. The van der Waals surface area contributed by atoms with Gasteiger partial charge >= 0.3 is 0 Å². The molecular formula is C19H16FNO. The molecule has 0 spiro atoms. The summed E-state index contributed by atoms with van der Waals surface area (Å²) in [5, 5.41) is 9.20. The maximum absolute atomic E-state index is 12.9. The Kier molecular flexibility index (Phi) is 4.85. The Hall–Kier alpha value is -2.73. The zero-order valence-corrected chi connectivity index (χ0v) is 12.5. The molecule has 0 aliphatic carbocycles. The van der Waals surface area contributed by atoms with Crippen LogP contribution in [0.4, 0.5) is 4.39 Å². The third kappa shape index (κ3) is 3.67. The third-order valence-corrected chi connectivity index (χ3v) is 3.39. The summed E-state index contributed by atoms with van der Waals surface area (Å²) in [4.78, 5) is 12.3. The molecule has 0 radical (unpaired) electrons. The molecule has 110 valence electrons. The lowest BCUT2D eigenvalue weighted by Gasteiger charge is -2.05. The lowest BCUT2D eigenvalue weighted by molar-refractivity contribution is 0.104. The molecule has 2 nitrogen and oxygen atoms in total. The number of nitrogens with zero attached hydrogens (tertiary/aromatic N) is 1. The van der Waals surface area contributed by atoms with Gasteiger partial charge < -0.3 is 0 Å². The number of carbonyl (C=O) groups is 1. The second-order valence-electron chi connectivity index (χ2n) is 5.33. The summed E-state index contributed by atoms with van der Waals surface area (Å²) in [6.45, 7) is 4.20. The van der Waals surface area contributed by atoms with Crippen LogP contribution in [0.5, 0.6) is 0 Å². The van der Waals surface area contributed by atoms with Crippen LogP contribution in [-0.4, -0.2) is 5.78 Å². The van der Waals surface area contributed by atoms with Gasteiger partial charge in [0.2, 0.25) is 5.78 Å². The van der Waals surface area contributed by atoms with E-state index in [0.29, 0.717) is 11.5 Å². The highest BCUT2D eigenvalue weighted by molar-refractivity contribution is 6.14. The van der Waals surface area contributed by atoms with Crippen LogP contribution in [0.1, 0.15) is 41.3 Å². The molecule has 0 fully saturated rings. The van der Waals surface area contributed by atoms with Crippen molar-refractivity contribution in [3.8, 4) is 6.07 Å². The van der Waals surface area contributed by atoms with Gasteiger partial charge in [0.1, 0.15) is 17.5 Å². The topological polar surface area (TPSA) is 40.9 Å². The summed E-state index contributed by atoms with van der Waals surface area (Å²) in [5.74, 6) is -0.395. The number of hydrogen-bond acceptors (Lipinski definition) is 2. The molecule has 22 heavy (non-hydrogen) atoms. The molecule has 0 atom stereocenters. The fraction of sp³-hybridized carbons (Fsp3) is 0.158. The molecular weight excluding hydrogens is 277 g/mol. The molecule has 0 saturated heterocycles. The fourth-order valence-electron chi connectivity index (χ4n) is 2.05. The van der Waals surface area contributed by atoms with Gasteiger partial charge in [0, 0.05) is 5.56 Å². The van der Waals surface area contributed by atoms with Crippen molar-refractivity contribution >= 4 is 11.9 Å². The van der Waals surface area contributed by atoms with E-state index < -0.39 is 11.6 Å². The summed E-state index contributed by atoms with van der Waals surface area (Å²) < 4.78 is 12.9. The predicted molar refractivity (Wildman–Crippen MR) is 84.9 cm³/mol. The molecule has 2 aromatic carbocycles. The first kappa shape index (κ1) is 15.7. The predicted octanol–water partition coefficient (Wildman–Crippen LogP) is 4.74. The van der Waals surface area contributed by atoms with E-state index in [1.54, 1.807) is 6.08 Å². The minimum absolute atomic E-state index is 0.0314. The van der Waals surface area contributed by atoms with Gasteiger partial charge in [0.05, 0.1) is 0 Å². The molecule has 2 aromatic rings. The Bertz CT molecular complexity index is 734. The molecule has 0 aromatic heterocycles. The van der Waals surface area contributed by atoms with E-state index in [-0.39, 0.29) is 5.57 Å². The lowest BCUT2D eigenvalue weighted by Crippen LogP contribution is -2.02. The fourth-order valence-corrected chi connectivity index (χ4v) is 2.05.